The predicted molar refractivity (Wildman–Crippen MR) is 100 cm³/mol. The largest absolute Gasteiger partial charge is 0.468 e. The van der Waals surface area contributed by atoms with Gasteiger partial charge in [-0.3, -0.25) is 9.69 Å². The second-order valence-corrected chi connectivity index (χ2v) is 8.54. The van der Waals surface area contributed by atoms with Gasteiger partial charge in [0, 0.05) is 12.1 Å². The van der Waals surface area contributed by atoms with Crippen molar-refractivity contribution in [1.82, 2.24) is 10.2 Å². The van der Waals surface area contributed by atoms with Crippen LogP contribution in [0.15, 0.2) is 53.2 Å². The predicted octanol–water partition coefficient (Wildman–Crippen LogP) is 2.47. The second kappa shape index (κ2) is 7.47. The van der Waals surface area contributed by atoms with Crippen LogP contribution in [-0.2, 0) is 9.84 Å². The minimum atomic E-state index is -3.24. The highest BCUT2D eigenvalue weighted by Gasteiger charge is 2.25. The van der Waals surface area contributed by atoms with Crippen molar-refractivity contribution in [3.05, 3.63) is 65.6 Å². The van der Waals surface area contributed by atoms with Crippen LogP contribution in [0.2, 0.25) is 0 Å². The fourth-order valence-corrected chi connectivity index (χ4v) is 4.51. The molecule has 1 aliphatic heterocycles. The zero-order valence-corrected chi connectivity index (χ0v) is 15.6. The van der Waals surface area contributed by atoms with Crippen LogP contribution in [0.5, 0.6) is 0 Å². The van der Waals surface area contributed by atoms with Gasteiger partial charge in [0.2, 0.25) is 0 Å². The lowest BCUT2D eigenvalue weighted by molar-refractivity contribution is 0.0939. The summed E-state index contributed by atoms with van der Waals surface area (Å²) in [6, 6.07) is 10.3. The molecule has 1 N–H and O–H groups in total. The molecule has 7 heteroatoms. The zero-order valence-electron chi connectivity index (χ0n) is 14.8. The van der Waals surface area contributed by atoms with Crippen molar-refractivity contribution in [3.8, 4) is 0 Å². The smallest absolute Gasteiger partial charge is 0.251 e. The number of amides is 1. The molecule has 0 unspecified atom stereocenters. The molecule has 0 saturated carbocycles. The number of sulfone groups is 1. The van der Waals surface area contributed by atoms with Crippen LogP contribution < -0.4 is 5.32 Å². The number of nitrogens with one attached hydrogen (secondary N) is 1. The summed E-state index contributed by atoms with van der Waals surface area (Å²) < 4.78 is 29.6. The number of hydrogen-bond acceptors (Lipinski definition) is 5. The van der Waals surface area contributed by atoms with Gasteiger partial charge in [0.1, 0.15) is 5.76 Å². The van der Waals surface area contributed by atoms with E-state index in [1.807, 2.05) is 31.1 Å². The third-order valence-electron chi connectivity index (χ3n) is 4.41. The van der Waals surface area contributed by atoms with Crippen LogP contribution in [0.25, 0.3) is 4.91 Å². The summed E-state index contributed by atoms with van der Waals surface area (Å²) in [6.07, 6.45) is 3.83. The van der Waals surface area contributed by atoms with Crippen molar-refractivity contribution >= 4 is 20.6 Å². The van der Waals surface area contributed by atoms with Crippen LogP contribution in [0.3, 0.4) is 0 Å². The molecule has 1 aromatic carbocycles. The van der Waals surface area contributed by atoms with Gasteiger partial charge in [-0.15, -0.1) is 0 Å². The van der Waals surface area contributed by atoms with Gasteiger partial charge in [-0.05, 0) is 50.3 Å². The maximum Gasteiger partial charge on any atom is 0.251 e. The molecule has 2 aromatic rings. The molecule has 0 saturated heterocycles. The van der Waals surface area contributed by atoms with Gasteiger partial charge in [-0.2, -0.15) is 0 Å². The number of benzene rings is 1. The highest BCUT2D eigenvalue weighted by molar-refractivity contribution is 8.00. The summed E-state index contributed by atoms with van der Waals surface area (Å²) in [7, 11) is 0.589. The highest BCUT2D eigenvalue weighted by atomic mass is 32.2. The number of rotatable bonds is 6. The summed E-state index contributed by atoms with van der Waals surface area (Å²) in [4.78, 5) is 14.8. The van der Waals surface area contributed by atoms with E-state index >= 15 is 0 Å². The topological polar surface area (TPSA) is 79.6 Å². The molecule has 2 heterocycles. The number of carbonyl (C=O) groups excluding carboxylic acids is 1. The molecule has 0 spiro atoms. The lowest BCUT2D eigenvalue weighted by atomic mass is 10.1. The number of carbonyl (C=O) groups is 1. The van der Waals surface area contributed by atoms with Crippen LogP contribution in [0.1, 0.15) is 34.1 Å². The second-order valence-electron chi connectivity index (χ2n) is 6.46. The lowest BCUT2D eigenvalue weighted by Crippen LogP contribution is -2.34. The molecule has 0 radical (unpaired) electrons. The van der Waals surface area contributed by atoms with Gasteiger partial charge in [-0.1, -0.05) is 18.2 Å². The van der Waals surface area contributed by atoms with E-state index < -0.39 is 9.84 Å². The van der Waals surface area contributed by atoms with E-state index in [4.69, 9.17) is 4.42 Å². The summed E-state index contributed by atoms with van der Waals surface area (Å²) in [5.41, 5.74) is 0.993. The van der Waals surface area contributed by atoms with E-state index in [-0.39, 0.29) is 17.7 Å². The Bertz CT molecular complexity index is 915. The molecule has 0 bridgehead atoms. The van der Waals surface area contributed by atoms with Crippen molar-refractivity contribution in [1.29, 1.82) is 0 Å². The SMILES string of the molecule is CN(C)[C@H](CNC(=O)c1cccc(C2=CCCS2(=O)=O)c1)c1ccco1. The molecule has 6 nitrogen and oxygen atoms in total. The summed E-state index contributed by atoms with van der Waals surface area (Å²) in [5.74, 6) is 0.652. The fraction of sp³-hybridized carbons (Fsp3) is 0.316. The average Bonchev–Trinajstić information content (AvgIpc) is 3.24. The Morgan fingerprint density at radius 2 is 2.08 bits per heavy atom. The van der Waals surface area contributed by atoms with Crippen molar-refractivity contribution in [2.24, 2.45) is 0 Å². The summed E-state index contributed by atoms with van der Waals surface area (Å²) in [5, 5.41) is 2.90. The minimum absolute atomic E-state index is 0.0879. The molecule has 26 heavy (non-hydrogen) atoms. The van der Waals surface area contributed by atoms with Crippen molar-refractivity contribution in [2.45, 2.75) is 12.5 Å². The highest BCUT2D eigenvalue weighted by Crippen LogP contribution is 2.28. The van der Waals surface area contributed by atoms with Crippen molar-refractivity contribution < 1.29 is 17.6 Å². The lowest BCUT2D eigenvalue weighted by Gasteiger charge is -2.22. The molecule has 0 fully saturated rings. The van der Waals surface area contributed by atoms with Crippen LogP contribution in [-0.4, -0.2) is 45.6 Å². The molecular weight excluding hydrogens is 352 g/mol. The first-order chi connectivity index (χ1) is 12.4. The zero-order chi connectivity index (χ0) is 18.7. The average molecular weight is 374 g/mol. The van der Waals surface area contributed by atoms with Crippen molar-refractivity contribution in [3.63, 3.8) is 0 Å². The number of likely N-dealkylation sites (N-methyl/N-ethyl adjacent to an activating group) is 1. The first-order valence-electron chi connectivity index (χ1n) is 8.40. The maximum absolute atomic E-state index is 12.5. The van der Waals surface area contributed by atoms with E-state index in [0.29, 0.717) is 29.0 Å². The molecule has 0 aliphatic carbocycles. The Balaban J connectivity index is 1.73. The molecule has 1 amide bonds. The third kappa shape index (κ3) is 3.89. The molecule has 1 aromatic heterocycles. The standard InChI is InChI=1S/C19H22N2O4S/c1-21(2)16(17-8-4-10-25-17)13-20-19(22)15-7-3-6-14(12-15)18-9-5-11-26(18,23)24/h3-4,6-10,12,16H,5,11,13H2,1-2H3,(H,20,22)/t16-/m1/s1. The molecule has 1 atom stereocenters. The number of furan rings is 1. The Hall–Kier alpha value is -2.38. The molecule has 1 aliphatic rings. The normalized spacial score (nSPS) is 17.1. The van der Waals surface area contributed by atoms with E-state index in [9.17, 15) is 13.2 Å². The van der Waals surface area contributed by atoms with Gasteiger partial charge >= 0.3 is 0 Å². The van der Waals surface area contributed by atoms with Gasteiger partial charge in [0.15, 0.2) is 9.84 Å². The van der Waals surface area contributed by atoms with Gasteiger partial charge in [0.05, 0.1) is 23.0 Å². The number of hydrogen-bond donors (Lipinski definition) is 1. The fourth-order valence-electron chi connectivity index (χ4n) is 3.00. The van der Waals surface area contributed by atoms with E-state index in [2.05, 4.69) is 5.32 Å². The quantitative estimate of drug-likeness (QED) is 0.840. The van der Waals surface area contributed by atoms with Crippen molar-refractivity contribution in [2.75, 3.05) is 26.4 Å². The van der Waals surface area contributed by atoms with Gasteiger partial charge in [-0.25, -0.2) is 8.42 Å². The monoisotopic (exact) mass is 374 g/mol. The molecule has 3 rings (SSSR count). The third-order valence-corrected chi connectivity index (χ3v) is 6.26. The van der Waals surface area contributed by atoms with Crippen LogP contribution in [0.4, 0.5) is 0 Å². The van der Waals surface area contributed by atoms with Crippen LogP contribution in [0, 0.1) is 0 Å². The van der Waals surface area contributed by atoms with E-state index in [1.54, 1.807) is 36.6 Å². The van der Waals surface area contributed by atoms with Crippen LogP contribution >= 0.6 is 0 Å². The Kier molecular flexibility index (Phi) is 5.29. The van der Waals surface area contributed by atoms with Gasteiger partial charge < -0.3 is 9.73 Å². The Morgan fingerprint density at radius 3 is 2.69 bits per heavy atom. The minimum Gasteiger partial charge on any atom is -0.468 e. The number of nitrogens with zero attached hydrogens (tertiary/aromatic N) is 1. The molecular formula is C19H22N2O4S. The Labute approximate surface area is 153 Å². The summed E-state index contributed by atoms with van der Waals surface area (Å²) in [6.45, 7) is 0.380. The number of allylic oxidation sites excluding steroid dienone is 1. The maximum atomic E-state index is 12.5. The van der Waals surface area contributed by atoms with E-state index in [1.165, 1.54) is 0 Å². The Morgan fingerprint density at radius 1 is 1.27 bits per heavy atom. The summed E-state index contributed by atoms with van der Waals surface area (Å²) >= 11 is 0. The first kappa shape index (κ1) is 18.4. The molecule has 138 valence electrons. The van der Waals surface area contributed by atoms with E-state index in [0.717, 1.165) is 5.76 Å². The first-order valence-corrected chi connectivity index (χ1v) is 10.0. The van der Waals surface area contributed by atoms with Gasteiger partial charge in [0.25, 0.3) is 5.91 Å².